The number of nitrogens with zero attached hydrogens (tertiary/aromatic N) is 1. The molecule has 8 aromatic carbocycles. The van der Waals surface area contributed by atoms with Crippen molar-refractivity contribution in [3.05, 3.63) is 250 Å². The van der Waals surface area contributed by atoms with Gasteiger partial charge in [-0.1, -0.05) is 201 Å². The molecule has 0 saturated heterocycles. The summed E-state index contributed by atoms with van der Waals surface area (Å²) in [6.45, 7) is 13.7. The standard InChI is InChI=1S/C25H20O.C22H23N.C9H12.C5H11N/c1-16-7-3-6-10-22(16)23-15-25-20(11-17(23)2)13-21-12-18-8-4-5-9-19(18)14-24(21)26-25;1-18-10-9-15-21(16-18)22(20-13-7-4-8-14-20)23(2)17-19-11-5-3-6-12-19;1-2-6-9-7-4-3-5-8-9;1-3-5(2)4-6/h3-12,14-15H,13H2,1-2H3;3-16,22H,17H2,1-2H3;3-5,7-8H,2,6H2,1H3;4H,3,6H2,1-2H3. The molecule has 0 fully saturated rings. The van der Waals surface area contributed by atoms with Crippen LogP contribution in [0.15, 0.2) is 200 Å². The Labute approximate surface area is 383 Å². The van der Waals surface area contributed by atoms with Gasteiger partial charge in [-0.2, -0.15) is 0 Å². The molecule has 1 heterocycles. The quantitative estimate of drug-likeness (QED) is 0.157. The number of allylic oxidation sites excluding steroid dienone is 1. The van der Waals surface area contributed by atoms with Gasteiger partial charge in [0.25, 0.3) is 0 Å². The topological polar surface area (TPSA) is 38.5 Å². The Hall–Kier alpha value is -6.68. The van der Waals surface area contributed by atoms with Crippen LogP contribution in [0.2, 0.25) is 0 Å². The van der Waals surface area contributed by atoms with Gasteiger partial charge >= 0.3 is 0 Å². The summed E-state index contributed by atoms with van der Waals surface area (Å²) in [5.41, 5.74) is 20.8. The van der Waals surface area contributed by atoms with Gasteiger partial charge in [0.05, 0.1) is 6.04 Å². The number of benzene rings is 8. The molecule has 326 valence electrons. The van der Waals surface area contributed by atoms with Gasteiger partial charge in [-0.25, -0.2) is 0 Å². The summed E-state index contributed by atoms with van der Waals surface area (Å²) in [5, 5.41) is 2.49. The van der Waals surface area contributed by atoms with E-state index in [0.717, 1.165) is 30.9 Å². The van der Waals surface area contributed by atoms with E-state index in [0.29, 0.717) is 0 Å². The Morgan fingerprint density at radius 3 is 1.75 bits per heavy atom. The molecular formula is C61H66N2O. The van der Waals surface area contributed by atoms with Crippen molar-refractivity contribution in [3.63, 3.8) is 0 Å². The molecule has 1 unspecified atom stereocenters. The SMILES string of the molecule is CCC(C)=CN.CCCc1ccccc1.Cc1cccc(C(c2ccccc2)N(C)Cc2ccccc2)c1.Cc1ccccc1-c1cc2c(cc1C)Cc1cc3ccccc3cc1O2. The Kier molecular flexibility index (Phi) is 17.3. The van der Waals surface area contributed by atoms with E-state index < -0.39 is 0 Å². The smallest absolute Gasteiger partial charge is 0.131 e. The van der Waals surface area contributed by atoms with E-state index in [4.69, 9.17) is 10.5 Å². The number of hydrogen-bond donors (Lipinski definition) is 1. The highest BCUT2D eigenvalue weighted by molar-refractivity contribution is 5.86. The van der Waals surface area contributed by atoms with Gasteiger partial charge in [-0.3, -0.25) is 4.90 Å². The predicted molar refractivity (Wildman–Crippen MR) is 274 cm³/mol. The molecule has 9 rings (SSSR count). The van der Waals surface area contributed by atoms with E-state index >= 15 is 0 Å². The van der Waals surface area contributed by atoms with E-state index in [1.54, 1.807) is 6.20 Å². The maximum atomic E-state index is 6.34. The molecule has 0 amide bonds. The number of fused-ring (bicyclic) bond motifs is 3. The zero-order chi connectivity index (χ0) is 45.3. The van der Waals surface area contributed by atoms with E-state index in [1.807, 2.05) is 6.92 Å². The van der Waals surface area contributed by atoms with Crippen LogP contribution < -0.4 is 10.5 Å². The van der Waals surface area contributed by atoms with E-state index in [-0.39, 0.29) is 6.04 Å². The fraction of sp³-hybridized carbons (Fsp3) is 0.213. The van der Waals surface area contributed by atoms with Crippen molar-refractivity contribution in [2.24, 2.45) is 5.73 Å². The van der Waals surface area contributed by atoms with Gasteiger partial charge in [-0.15, -0.1) is 0 Å². The van der Waals surface area contributed by atoms with Gasteiger partial charge < -0.3 is 10.5 Å². The molecule has 0 radical (unpaired) electrons. The minimum Gasteiger partial charge on any atom is -0.457 e. The Morgan fingerprint density at radius 2 is 1.14 bits per heavy atom. The zero-order valence-corrected chi connectivity index (χ0v) is 39.0. The predicted octanol–water partition coefficient (Wildman–Crippen LogP) is 15.9. The molecule has 1 aliphatic heterocycles. The van der Waals surface area contributed by atoms with Crippen LogP contribution in [0.25, 0.3) is 21.9 Å². The van der Waals surface area contributed by atoms with Crippen LogP contribution in [0.3, 0.4) is 0 Å². The van der Waals surface area contributed by atoms with Crippen molar-refractivity contribution >= 4 is 10.8 Å². The minimum atomic E-state index is 0.260. The van der Waals surface area contributed by atoms with Gasteiger partial charge in [0.15, 0.2) is 0 Å². The van der Waals surface area contributed by atoms with Gasteiger partial charge in [-0.05, 0) is 138 Å². The molecule has 1 atom stereocenters. The van der Waals surface area contributed by atoms with Crippen LogP contribution in [0.4, 0.5) is 0 Å². The van der Waals surface area contributed by atoms with Crippen molar-refractivity contribution in [1.29, 1.82) is 0 Å². The van der Waals surface area contributed by atoms with Gasteiger partial charge in [0, 0.05) is 13.0 Å². The second-order valence-electron chi connectivity index (χ2n) is 16.9. The molecule has 0 spiro atoms. The van der Waals surface area contributed by atoms with E-state index in [1.165, 1.54) is 90.4 Å². The van der Waals surface area contributed by atoms with Crippen LogP contribution >= 0.6 is 0 Å². The van der Waals surface area contributed by atoms with Crippen molar-refractivity contribution in [1.82, 2.24) is 4.90 Å². The third-order valence-electron chi connectivity index (χ3n) is 11.8. The Balaban J connectivity index is 0.000000163. The Morgan fingerprint density at radius 1 is 0.578 bits per heavy atom. The van der Waals surface area contributed by atoms with Crippen molar-refractivity contribution in [2.45, 2.75) is 79.8 Å². The Bertz CT molecular complexity index is 2700. The van der Waals surface area contributed by atoms with Gasteiger partial charge in [0.2, 0.25) is 0 Å². The number of nitrogens with two attached hydrogens (primary N) is 1. The lowest BCUT2D eigenvalue weighted by molar-refractivity contribution is 0.270. The normalized spacial score (nSPS) is 11.9. The second-order valence-corrected chi connectivity index (χ2v) is 16.9. The summed E-state index contributed by atoms with van der Waals surface area (Å²) in [7, 11) is 2.20. The molecule has 0 bridgehead atoms. The number of hydrogen-bond acceptors (Lipinski definition) is 3. The van der Waals surface area contributed by atoms with E-state index in [9.17, 15) is 0 Å². The molecule has 3 nitrogen and oxygen atoms in total. The fourth-order valence-electron chi connectivity index (χ4n) is 8.16. The van der Waals surface area contributed by atoms with Crippen LogP contribution in [-0.2, 0) is 19.4 Å². The van der Waals surface area contributed by atoms with Crippen molar-refractivity contribution in [2.75, 3.05) is 7.05 Å². The first-order valence-electron chi connectivity index (χ1n) is 22.8. The van der Waals surface area contributed by atoms with Crippen LogP contribution in [0, 0.1) is 20.8 Å². The summed E-state index contributed by atoms with van der Waals surface area (Å²) in [6, 6.07) is 67.0. The summed E-state index contributed by atoms with van der Waals surface area (Å²) in [5.74, 6) is 1.97. The lowest BCUT2D eigenvalue weighted by atomic mass is 9.91. The highest BCUT2D eigenvalue weighted by Gasteiger charge is 2.21. The van der Waals surface area contributed by atoms with Gasteiger partial charge in [0.1, 0.15) is 11.5 Å². The molecule has 64 heavy (non-hydrogen) atoms. The molecule has 3 heteroatoms. The number of rotatable bonds is 9. The molecule has 2 N–H and O–H groups in total. The van der Waals surface area contributed by atoms with Crippen LogP contribution in [-0.4, -0.2) is 11.9 Å². The van der Waals surface area contributed by atoms with Crippen LogP contribution in [0.5, 0.6) is 11.5 Å². The minimum absolute atomic E-state index is 0.260. The van der Waals surface area contributed by atoms with Crippen LogP contribution in [0.1, 0.15) is 89.7 Å². The highest BCUT2D eigenvalue weighted by atomic mass is 16.5. The lowest BCUT2D eigenvalue weighted by Crippen LogP contribution is -2.25. The average molecular weight is 843 g/mol. The second kappa shape index (κ2) is 23.7. The average Bonchev–Trinajstić information content (AvgIpc) is 3.32. The maximum absolute atomic E-state index is 6.34. The first kappa shape index (κ1) is 46.8. The zero-order valence-electron chi connectivity index (χ0n) is 39.0. The van der Waals surface area contributed by atoms with Crippen molar-refractivity contribution < 1.29 is 4.74 Å². The molecule has 1 aliphatic rings. The molecule has 0 aromatic heterocycles. The van der Waals surface area contributed by atoms with E-state index in [2.05, 4.69) is 235 Å². The number of ether oxygens (including phenoxy) is 1. The third-order valence-corrected chi connectivity index (χ3v) is 11.8. The fourth-order valence-corrected chi connectivity index (χ4v) is 8.16. The van der Waals surface area contributed by atoms with Crippen molar-refractivity contribution in [3.8, 4) is 22.6 Å². The molecule has 0 saturated carbocycles. The lowest BCUT2D eigenvalue weighted by Gasteiger charge is -2.29. The first-order chi connectivity index (χ1) is 31.2. The summed E-state index contributed by atoms with van der Waals surface area (Å²) in [4.78, 5) is 2.42. The maximum Gasteiger partial charge on any atom is 0.131 e. The summed E-state index contributed by atoms with van der Waals surface area (Å²) < 4.78 is 6.34. The molecular weight excluding hydrogens is 777 g/mol. The molecule has 0 aliphatic carbocycles. The molecule has 8 aromatic rings. The third kappa shape index (κ3) is 12.9. The highest BCUT2D eigenvalue weighted by Crippen LogP contribution is 2.42. The largest absolute Gasteiger partial charge is 0.457 e. The number of aryl methyl sites for hydroxylation is 4. The summed E-state index contributed by atoms with van der Waals surface area (Å²) >= 11 is 0. The first-order valence-corrected chi connectivity index (χ1v) is 22.8. The monoisotopic (exact) mass is 843 g/mol. The summed E-state index contributed by atoms with van der Waals surface area (Å²) in [6.07, 6.45) is 6.08.